The highest BCUT2D eigenvalue weighted by Gasteiger charge is 2.11. The smallest absolute Gasteiger partial charge is 0.279 e. The van der Waals surface area contributed by atoms with E-state index >= 15 is 0 Å². The molecule has 1 aromatic heterocycles. The number of ketones is 1. The Balaban J connectivity index is 1.74. The van der Waals surface area contributed by atoms with Crippen LogP contribution in [0.15, 0.2) is 46.3 Å². The lowest BCUT2D eigenvalue weighted by molar-refractivity contribution is -0.121. The molecule has 2 amide bonds. The number of carbonyl (C=O) groups excluding carboxylic acids is 3. The van der Waals surface area contributed by atoms with Crippen LogP contribution in [0, 0.1) is 0 Å². The van der Waals surface area contributed by atoms with Crippen LogP contribution in [0.25, 0.3) is 0 Å². The van der Waals surface area contributed by atoms with Gasteiger partial charge in [0.2, 0.25) is 5.91 Å². The Morgan fingerprint density at radius 1 is 0.955 bits per heavy atom. The first kappa shape index (κ1) is 16.4. The number of halogens is 1. The molecular weight excluding hydrogens is 368 g/mol. The zero-order valence-electron chi connectivity index (χ0n) is 11.5. The second kappa shape index (κ2) is 7.86. The molecular formula is C15H13BrN2O3S. The van der Waals surface area contributed by atoms with Crippen LogP contribution in [-0.4, -0.2) is 17.6 Å². The average molecular weight is 381 g/mol. The Morgan fingerprint density at radius 2 is 1.68 bits per heavy atom. The maximum absolute atomic E-state index is 11.8. The van der Waals surface area contributed by atoms with Crippen molar-refractivity contribution in [1.82, 2.24) is 10.9 Å². The van der Waals surface area contributed by atoms with Gasteiger partial charge in [-0.3, -0.25) is 25.2 Å². The summed E-state index contributed by atoms with van der Waals surface area (Å²) in [6.45, 7) is 0. The van der Waals surface area contributed by atoms with E-state index in [2.05, 4.69) is 26.8 Å². The summed E-state index contributed by atoms with van der Waals surface area (Å²) in [5.41, 5.74) is 5.19. The van der Waals surface area contributed by atoms with Crippen molar-refractivity contribution >= 4 is 44.9 Å². The van der Waals surface area contributed by atoms with Crippen molar-refractivity contribution in [2.75, 3.05) is 0 Å². The van der Waals surface area contributed by atoms with Gasteiger partial charge in [-0.2, -0.15) is 0 Å². The third kappa shape index (κ3) is 4.78. The van der Waals surface area contributed by atoms with Crippen LogP contribution in [0.1, 0.15) is 32.9 Å². The molecule has 0 aliphatic carbocycles. The Hall–Kier alpha value is -1.99. The van der Waals surface area contributed by atoms with Gasteiger partial charge in [0.1, 0.15) is 0 Å². The van der Waals surface area contributed by atoms with Gasteiger partial charge in [0.25, 0.3) is 5.91 Å². The molecule has 1 heterocycles. The fraction of sp³-hybridized carbons (Fsp3) is 0.133. The molecule has 1 aromatic carbocycles. The monoisotopic (exact) mass is 380 g/mol. The second-order valence-electron chi connectivity index (χ2n) is 4.40. The number of rotatable bonds is 5. The van der Waals surface area contributed by atoms with Crippen molar-refractivity contribution in [3.8, 4) is 0 Å². The summed E-state index contributed by atoms with van der Waals surface area (Å²) in [5, 5.41) is 0. The number of thiophene rings is 1. The molecule has 5 nitrogen and oxygen atoms in total. The van der Waals surface area contributed by atoms with E-state index in [1.165, 1.54) is 11.3 Å². The van der Waals surface area contributed by atoms with Crippen LogP contribution in [0.5, 0.6) is 0 Å². The van der Waals surface area contributed by atoms with E-state index in [0.29, 0.717) is 10.4 Å². The summed E-state index contributed by atoms with van der Waals surface area (Å²) in [5.74, 6) is -0.907. The van der Waals surface area contributed by atoms with E-state index in [9.17, 15) is 14.4 Å². The number of Topliss-reactive ketones (excluding diaryl/α,β-unsaturated/α-hetero) is 1. The first-order chi connectivity index (χ1) is 10.6. The highest BCUT2D eigenvalue weighted by atomic mass is 79.9. The minimum Gasteiger partial charge on any atom is -0.294 e. The van der Waals surface area contributed by atoms with Gasteiger partial charge >= 0.3 is 0 Å². The Morgan fingerprint density at radius 3 is 2.32 bits per heavy atom. The van der Waals surface area contributed by atoms with Crippen molar-refractivity contribution in [2.45, 2.75) is 12.8 Å². The molecule has 0 saturated carbocycles. The predicted molar refractivity (Wildman–Crippen MR) is 87.6 cm³/mol. The maximum Gasteiger partial charge on any atom is 0.279 e. The molecule has 22 heavy (non-hydrogen) atoms. The molecule has 2 aromatic rings. The number of benzene rings is 1. The van der Waals surface area contributed by atoms with Gasteiger partial charge in [-0.15, -0.1) is 11.3 Å². The number of hydrazine groups is 1. The summed E-state index contributed by atoms with van der Waals surface area (Å²) in [7, 11) is 0. The van der Waals surface area contributed by atoms with Crippen LogP contribution >= 0.6 is 27.3 Å². The van der Waals surface area contributed by atoms with Gasteiger partial charge < -0.3 is 0 Å². The lowest BCUT2D eigenvalue weighted by Gasteiger charge is -2.06. The van der Waals surface area contributed by atoms with Crippen molar-refractivity contribution in [3.63, 3.8) is 0 Å². The van der Waals surface area contributed by atoms with Crippen LogP contribution in [0.3, 0.4) is 0 Å². The number of hydrogen-bond donors (Lipinski definition) is 2. The quantitative estimate of drug-likeness (QED) is 0.618. The van der Waals surface area contributed by atoms with Crippen LogP contribution in [0.4, 0.5) is 0 Å². The fourth-order valence-electron chi connectivity index (χ4n) is 1.68. The third-order valence-corrected chi connectivity index (χ3v) is 4.41. The molecule has 0 atom stereocenters. The second-order valence-corrected chi connectivity index (χ2v) is 6.86. The topological polar surface area (TPSA) is 75.3 Å². The molecule has 2 N–H and O–H groups in total. The maximum atomic E-state index is 11.8. The summed E-state index contributed by atoms with van der Waals surface area (Å²) in [6.07, 6.45) is 0.110. The van der Waals surface area contributed by atoms with Gasteiger partial charge in [-0.1, -0.05) is 30.3 Å². The summed E-state index contributed by atoms with van der Waals surface area (Å²) in [6, 6.07) is 12.2. The SMILES string of the molecule is O=C(CCC(=O)c1ccccc1)NNC(=O)c1ccc(Br)s1. The standard InChI is InChI=1S/C15H13BrN2O3S/c16-13-8-7-12(22-13)15(21)18-17-14(20)9-6-11(19)10-4-2-1-3-5-10/h1-5,7-8H,6,9H2,(H,17,20)(H,18,21). The van der Waals surface area contributed by atoms with E-state index in [-0.39, 0.29) is 18.6 Å². The number of amides is 2. The van der Waals surface area contributed by atoms with Gasteiger partial charge in [0, 0.05) is 18.4 Å². The zero-order valence-corrected chi connectivity index (χ0v) is 13.9. The molecule has 0 aliphatic rings. The highest BCUT2D eigenvalue weighted by Crippen LogP contribution is 2.21. The Bertz CT molecular complexity index is 685. The van der Waals surface area contributed by atoms with E-state index in [0.717, 1.165) is 3.79 Å². The molecule has 0 bridgehead atoms. The van der Waals surface area contributed by atoms with Gasteiger partial charge in [0.05, 0.1) is 8.66 Å². The van der Waals surface area contributed by atoms with Crippen molar-refractivity contribution < 1.29 is 14.4 Å². The van der Waals surface area contributed by atoms with E-state index < -0.39 is 11.8 Å². The van der Waals surface area contributed by atoms with Crippen LogP contribution in [0.2, 0.25) is 0 Å². The van der Waals surface area contributed by atoms with E-state index in [1.807, 2.05) is 6.07 Å². The normalized spacial score (nSPS) is 10.0. The molecule has 7 heteroatoms. The third-order valence-electron chi connectivity index (χ3n) is 2.79. The molecule has 0 radical (unpaired) electrons. The van der Waals surface area contributed by atoms with Gasteiger partial charge in [-0.05, 0) is 28.1 Å². The van der Waals surface area contributed by atoms with Crippen molar-refractivity contribution in [3.05, 3.63) is 56.7 Å². The van der Waals surface area contributed by atoms with Crippen LogP contribution in [-0.2, 0) is 4.79 Å². The number of carbonyl (C=O) groups is 3. The van der Waals surface area contributed by atoms with Crippen molar-refractivity contribution in [2.24, 2.45) is 0 Å². The van der Waals surface area contributed by atoms with Crippen molar-refractivity contribution in [1.29, 1.82) is 0 Å². The molecule has 0 fully saturated rings. The Labute approximate surface area is 139 Å². The first-order valence-electron chi connectivity index (χ1n) is 6.49. The molecule has 0 saturated heterocycles. The molecule has 0 unspecified atom stereocenters. The number of hydrogen-bond acceptors (Lipinski definition) is 4. The summed E-state index contributed by atoms with van der Waals surface area (Å²) < 4.78 is 0.831. The van der Waals surface area contributed by atoms with E-state index in [1.54, 1.807) is 36.4 Å². The first-order valence-corrected chi connectivity index (χ1v) is 8.10. The lowest BCUT2D eigenvalue weighted by Crippen LogP contribution is -2.41. The average Bonchev–Trinajstić information content (AvgIpc) is 2.97. The summed E-state index contributed by atoms with van der Waals surface area (Å²) in [4.78, 5) is 35.7. The molecule has 114 valence electrons. The lowest BCUT2D eigenvalue weighted by atomic mass is 10.1. The Kier molecular flexibility index (Phi) is 5.85. The summed E-state index contributed by atoms with van der Waals surface area (Å²) >= 11 is 4.52. The van der Waals surface area contributed by atoms with Gasteiger partial charge in [-0.25, -0.2) is 0 Å². The molecule has 2 rings (SSSR count). The minimum atomic E-state index is -0.409. The highest BCUT2D eigenvalue weighted by molar-refractivity contribution is 9.11. The predicted octanol–water partition coefficient (Wildman–Crippen LogP) is 2.93. The largest absolute Gasteiger partial charge is 0.294 e. The minimum absolute atomic E-state index is 0.0160. The van der Waals surface area contributed by atoms with Gasteiger partial charge in [0.15, 0.2) is 5.78 Å². The molecule has 0 spiro atoms. The fourth-order valence-corrected chi connectivity index (χ4v) is 2.96. The number of nitrogens with one attached hydrogen (secondary N) is 2. The van der Waals surface area contributed by atoms with E-state index in [4.69, 9.17) is 0 Å². The zero-order chi connectivity index (χ0) is 15.9. The van der Waals surface area contributed by atoms with Crippen LogP contribution < -0.4 is 10.9 Å². The molecule has 0 aliphatic heterocycles.